The molecule has 1 aromatic carbocycles. The fraction of sp³-hybridized carbons (Fsp3) is 0.385. The van der Waals surface area contributed by atoms with Crippen molar-refractivity contribution < 1.29 is 4.79 Å². The SMILES string of the molecule is Cc1ccc(CNC(=O)CC#N)c(C)c1C. The highest BCUT2D eigenvalue weighted by Crippen LogP contribution is 2.16. The molecule has 0 aliphatic heterocycles. The van der Waals surface area contributed by atoms with Crippen LogP contribution < -0.4 is 5.32 Å². The Bertz CT molecular complexity index is 444. The minimum Gasteiger partial charge on any atom is -0.351 e. The third-order valence-corrected chi connectivity index (χ3v) is 2.89. The van der Waals surface area contributed by atoms with Crippen molar-refractivity contribution in [3.05, 3.63) is 34.4 Å². The molecule has 84 valence electrons. The summed E-state index contributed by atoms with van der Waals surface area (Å²) in [4.78, 5) is 11.1. The average Bonchev–Trinajstić information content (AvgIpc) is 2.25. The van der Waals surface area contributed by atoms with Crippen molar-refractivity contribution in [2.75, 3.05) is 0 Å². The molecule has 16 heavy (non-hydrogen) atoms. The van der Waals surface area contributed by atoms with Crippen molar-refractivity contribution in [1.82, 2.24) is 5.32 Å². The molecule has 0 aliphatic rings. The number of benzene rings is 1. The van der Waals surface area contributed by atoms with Crippen LogP contribution in [0.3, 0.4) is 0 Å². The Labute approximate surface area is 96.1 Å². The predicted octanol–water partition coefficient (Wildman–Crippen LogP) is 2.14. The van der Waals surface area contributed by atoms with Crippen molar-refractivity contribution in [3.63, 3.8) is 0 Å². The topological polar surface area (TPSA) is 52.9 Å². The maximum absolute atomic E-state index is 11.1. The number of nitriles is 1. The minimum atomic E-state index is -0.222. The number of nitrogens with one attached hydrogen (secondary N) is 1. The summed E-state index contributed by atoms with van der Waals surface area (Å²) >= 11 is 0. The van der Waals surface area contributed by atoms with Gasteiger partial charge < -0.3 is 5.32 Å². The first kappa shape index (κ1) is 12.3. The van der Waals surface area contributed by atoms with Gasteiger partial charge in [-0.15, -0.1) is 0 Å². The van der Waals surface area contributed by atoms with Crippen LogP contribution in [0.5, 0.6) is 0 Å². The van der Waals surface area contributed by atoms with Crippen LogP contribution in [0, 0.1) is 32.1 Å². The van der Waals surface area contributed by atoms with E-state index in [1.165, 1.54) is 16.7 Å². The number of nitrogens with zero attached hydrogens (tertiary/aromatic N) is 1. The zero-order valence-corrected chi connectivity index (χ0v) is 9.92. The monoisotopic (exact) mass is 216 g/mol. The molecule has 0 unspecified atom stereocenters. The van der Waals surface area contributed by atoms with Gasteiger partial charge in [0.05, 0.1) is 6.07 Å². The first-order valence-corrected chi connectivity index (χ1v) is 5.25. The lowest BCUT2D eigenvalue weighted by Gasteiger charge is -2.11. The fourth-order valence-electron chi connectivity index (χ4n) is 1.53. The first-order valence-electron chi connectivity index (χ1n) is 5.25. The molecular formula is C13H16N2O. The Morgan fingerprint density at radius 2 is 2.00 bits per heavy atom. The highest BCUT2D eigenvalue weighted by molar-refractivity contribution is 5.77. The van der Waals surface area contributed by atoms with E-state index in [0.29, 0.717) is 6.54 Å². The number of hydrogen-bond donors (Lipinski definition) is 1. The second-order valence-corrected chi connectivity index (χ2v) is 3.90. The summed E-state index contributed by atoms with van der Waals surface area (Å²) in [5.74, 6) is -0.222. The number of rotatable bonds is 3. The van der Waals surface area contributed by atoms with E-state index in [-0.39, 0.29) is 12.3 Å². The van der Waals surface area contributed by atoms with Crippen LogP contribution in [0.15, 0.2) is 12.1 Å². The largest absolute Gasteiger partial charge is 0.351 e. The van der Waals surface area contributed by atoms with Gasteiger partial charge in [0.1, 0.15) is 6.42 Å². The van der Waals surface area contributed by atoms with Gasteiger partial charge in [-0.25, -0.2) is 0 Å². The van der Waals surface area contributed by atoms with E-state index in [0.717, 1.165) is 5.56 Å². The molecule has 1 amide bonds. The summed E-state index contributed by atoms with van der Waals surface area (Å²) in [5.41, 5.74) is 4.82. The van der Waals surface area contributed by atoms with Crippen molar-refractivity contribution in [3.8, 4) is 6.07 Å². The van der Waals surface area contributed by atoms with Crippen molar-refractivity contribution in [2.45, 2.75) is 33.7 Å². The van der Waals surface area contributed by atoms with E-state index in [1.807, 2.05) is 25.1 Å². The van der Waals surface area contributed by atoms with Gasteiger partial charge in [0.15, 0.2) is 0 Å². The zero-order valence-electron chi connectivity index (χ0n) is 9.92. The highest BCUT2D eigenvalue weighted by Gasteiger charge is 2.05. The summed E-state index contributed by atoms with van der Waals surface area (Å²) < 4.78 is 0. The highest BCUT2D eigenvalue weighted by atomic mass is 16.1. The number of amides is 1. The van der Waals surface area contributed by atoms with Crippen molar-refractivity contribution in [2.24, 2.45) is 0 Å². The average molecular weight is 216 g/mol. The molecule has 0 bridgehead atoms. The molecule has 0 atom stereocenters. The third kappa shape index (κ3) is 2.83. The molecule has 0 saturated heterocycles. The second kappa shape index (κ2) is 5.32. The standard InChI is InChI=1S/C13H16N2O/c1-9-4-5-12(11(3)10(9)2)8-15-13(16)6-7-14/h4-5H,6,8H2,1-3H3,(H,15,16). The summed E-state index contributed by atoms with van der Waals surface area (Å²) in [7, 11) is 0. The van der Waals surface area contributed by atoms with Crippen LogP contribution in [0.25, 0.3) is 0 Å². The maximum atomic E-state index is 11.1. The fourth-order valence-corrected chi connectivity index (χ4v) is 1.53. The molecule has 0 saturated carbocycles. The molecule has 0 fully saturated rings. The number of aryl methyl sites for hydroxylation is 1. The van der Waals surface area contributed by atoms with Gasteiger partial charge >= 0.3 is 0 Å². The minimum absolute atomic E-state index is 0.0795. The van der Waals surface area contributed by atoms with E-state index in [9.17, 15) is 4.79 Å². The van der Waals surface area contributed by atoms with E-state index in [1.54, 1.807) is 0 Å². The van der Waals surface area contributed by atoms with Crippen LogP contribution in [-0.4, -0.2) is 5.91 Å². The van der Waals surface area contributed by atoms with Gasteiger partial charge in [-0.05, 0) is 43.0 Å². The van der Waals surface area contributed by atoms with Gasteiger partial charge in [-0.1, -0.05) is 12.1 Å². The van der Waals surface area contributed by atoms with Gasteiger partial charge in [0, 0.05) is 6.54 Å². The van der Waals surface area contributed by atoms with Gasteiger partial charge in [0.2, 0.25) is 5.91 Å². The predicted molar refractivity (Wildman–Crippen MR) is 62.7 cm³/mol. The lowest BCUT2D eigenvalue weighted by atomic mass is 9.99. The number of hydrogen-bond acceptors (Lipinski definition) is 2. The van der Waals surface area contributed by atoms with Crippen LogP contribution >= 0.6 is 0 Å². The summed E-state index contributed by atoms with van der Waals surface area (Å²) in [5, 5.41) is 11.1. The zero-order chi connectivity index (χ0) is 12.1. The van der Waals surface area contributed by atoms with E-state index < -0.39 is 0 Å². The van der Waals surface area contributed by atoms with Crippen LogP contribution in [0.4, 0.5) is 0 Å². The summed E-state index contributed by atoms with van der Waals surface area (Å²) in [6.07, 6.45) is -0.0795. The molecule has 3 nitrogen and oxygen atoms in total. The third-order valence-electron chi connectivity index (χ3n) is 2.89. The molecule has 3 heteroatoms. The molecule has 1 rings (SSSR count). The molecule has 0 spiro atoms. The summed E-state index contributed by atoms with van der Waals surface area (Å²) in [6, 6.07) is 5.89. The van der Waals surface area contributed by atoms with Crippen LogP contribution in [0.2, 0.25) is 0 Å². The maximum Gasteiger partial charge on any atom is 0.234 e. The lowest BCUT2D eigenvalue weighted by Crippen LogP contribution is -2.22. The summed E-state index contributed by atoms with van der Waals surface area (Å²) in [6.45, 7) is 6.69. The van der Waals surface area contributed by atoms with Gasteiger partial charge in [-0.3, -0.25) is 4.79 Å². The van der Waals surface area contributed by atoms with Crippen LogP contribution in [0.1, 0.15) is 28.7 Å². The molecular weight excluding hydrogens is 200 g/mol. The van der Waals surface area contributed by atoms with E-state index >= 15 is 0 Å². The Balaban J connectivity index is 2.73. The smallest absolute Gasteiger partial charge is 0.234 e. The number of carbonyl (C=O) groups excluding carboxylic acids is 1. The molecule has 0 radical (unpaired) electrons. The molecule has 1 N–H and O–H groups in total. The lowest BCUT2D eigenvalue weighted by molar-refractivity contribution is -0.120. The molecule has 0 heterocycles. The van der Waals surface area contributed by atoms with Crippen molar-refractivity contribution >= 4 is 5.91 Å². The van der Waals surface area contributed by atoms with Crippen molar-refractivity contribution in [1.29, 1.82) is 5.26 Å². The molecule has 1 aromatic rings. The number of carbonyl (C=O) groups is 1. The Kier molecular flexibility index (Phi) is 4.07. The molecule has 0 aromatic heterocycles. The first-order chi connectivity index (χ1) is 7.56. The van der Waals surface area contributed by atoms with Gasteiger partial charge in [-0.2, -0.15) is 5.26 Å². The molecule has 0 aliphatic carbocycles. The quantitative estimate of drug-likeness (QED) is 0.841. The van der Waals surface area contributed by atoms with Crippen LogP contribution in [-0.2, 0) is 11.3 Å². The van der Waals surface area contributed by atoms with E-state index in [4.69, 9.17) is 5.26 Å². The van der Waals surface area contributed by atoms with E-state index in [2.05, 4.69) is 19.2 Å². The Morgan fingerprint density at radius 3 is 2.62 bits per heavy atom. The normalized spacial score (nSPS) is 9.62. The van der Waals surface area contributed by atoms with Gasteiger partial charge in [0.25, 0.3) is 0 Å². The second-order valence-electron chi connectivity index (χ2n) is 3.90. The Morgan fingerprint density at radius 1 is 1.31 bits per heavy atom. The Hall–Kier alpha value is -1.82.